The Hall–Kier alpha value is -4.43. The van der Waals surface area contributed by atoms with Gasteiger partial charge in [-0.2, -0.15) is 4.57 Å². The standard InChI is InChI=1S/C35H31N2O5.BrH/c1-38-31-12-11-22-17-29-25-19-33-32(41-21-42-33)18-23(25)13-14-37(29)20-26(22)35(31)40-16-5-4-15-39-30-10-6-9-28-34(30)24-7-2-3-8-27(24)36-28;/h2-3,6-12,17-20,36H,4-5,13-16,21H2,1H3;1H/q+1;/p-1. The maximum atomic E-state index is 6.39. The first-order valence-electron chi connectivity index (χ1n) is 14.5. The molecule has 2 aliphatic heterocycles. The molecule has 0 bridgehead atoms. The fourth-order valence-electron chi connectivity index (χ4n) is 6.26. The summed E-state index contributed by atoms with van der Waals surface area (Å²) < 4.78 is 31.9. The van der Waals surface area contributed by atoms with E-state index in [1.165, 1.54) is 22.2 Å². The number of nitrogens with zero attached hydrogens (tertiary/aromatic N) is 1. The number of pyridine rings is 1. The first-order chi connectivity index (χ1) is 20.8. The summed E-state index contributed by atoms with van der Waals surface area (Å²) in [4.78, 5) is 3.48. The Morgan fingerprint density at radius 2 is 1.63 bits per heavy atom. The largest absolute Gasteiger partial charge is 1.00 e. The van der Waals surface area contributed by atoms with Crippen LogP contribution in [-0.4, -0.2) is 32.1 Å². The molecule has 2 aromatic heterocycles. The van der Waals surface area contributed by atoms with E-state index in [0.29, 0.717) is 13.2 Å². The smallest absolute Gasteiger partial charge is 0.231 e. The molecule has 43 heavy (non-hydrogen) atoms. The molecular weight excluding hydrogens is 608 g/mol. The zero-order chi connectivity index (χ0) is 28.0. The molecule has 0 saturated carbocycles. The molecule has 0 atom stereocenters. The summed E-state index contributed by atoms with van der Waals surface area (Å²) in [6, 6.07) is 25.1. The van der Waals surface area contributed by atoms with Gasteiger partial charge >= 0.3 is 0 Å². The summed E-state index contributed by atoms with van der Waals surface area (Å²) in [6.45, 7) is 2.36. The lowest BCUT2D eigenvalue weighted by Crippen LogP contribution is -3.00. The highest BCUT2D eigenvalue weighted by Crippen LogP contribution is 2.42. The van der Waals surface area contributed by atoms with Crippen molar-refractivity contribution in [3.05, 3.63) is 84.6 Å². The highest BCUT2D eigenvalue weighted by molar-refractivity contribution is 6.10. The number of aryl methyl sites for hydroxylation is 2. The number of nitrogens with one attached hydrogen (secondary N) is 1. The Bertz CT molecular complexity index is 1990. The van der Waals surface area contributed by atoms with Crippen molar-refractivity contribution in [3.63, 3.8) is 0 Å². The van der Waals surface area contributed by atoms with Crippen LogP contribution in [0.5, 0.6) is 28.7 Å². The number of benzene rings is 4. The molecule has 0 fully saturated rings. The van der Waals surface area contributed by atoms with Gasteiger partial charge in [0.25, 0.3) is 0 Å². The monoisotopic (exact) mass is 638 g/mol. The number of fused-ring (bicyclic) bond motifs is 8. The van der Waals surface area contributed by atoms with Gasteiger partial charge in [-0.1, -0.05) is 24.3 Å². The summed E-state index contributed by atoms with van der Waals surface area (Å²) in [5, 5.41) is 4.48. The molecule has 0 unspecified atom stereocenters. The van der Waals surface area contributed by atoms with Gasteiger partial charge < -0.3 is 45.6 Å². The summed E-state index contributed by atoms with van der Waals surface area (Å²) in [5.74, 6) is 4.08. The quantitative estimate of drug-likeness (QED) is 0.202. The Labute approximate surface area is 259 Å². The minimum absolute atomic E-state index is 0. The van der Waals surface area contributed by atoms with Gasteiger partial charge in [0.2, 0.25) is 12.5 Å². The van der Waals surface area contributed by atoms with Crippen LogP contribution in [0.3, 0.4) is 0 Å². The number of H-pyrrole nitrogens is 1. The molecule has 8 heteroatoms. The molecule has 0 radical (unpaired) electrons. The van der Waals surface area contributed by atoms with Crippen molar-refractivity contribution in [1.29, 1.82) is 0 Å². The van der Waals surface area contributed by atoms with Crippen molar-refractivity contribution >= 4 is 32.6 Å². The lowest BCUT2D eigenvalue weighted by molar-refractivity contribution is -0.686. The Kier molecular flexibility index (Phi) is 7.23. The van der Waals surface area contributed by atoms with Crippen LogP contribution in [0, 0.1) is 0 Å². The van der Waals surface area contributed by atoms with Crippen molar-refractivity contribution in [1.82, 2.24) is 4.98 Å². The second-order valence-corrected chi connectivity index (χ2v) is 10.8. The number of hydrogen-bond donors (Lipinski definition) is 1. The number of hydrogen-bond acceptors (Lipinski definition) is 5. The van der Waals surface area contributed by atoms with E-state index in [9.17, 15) is 0 Å². The summed E-state index contributed by atoms with van der Waals surface area (Å²) in [6.07, 6.45) is 4.87. The van der Waals surface area contributed by atoms with Gasteiger partial charge in [-0.15, -0.1) is 0 Å². The number of halogens is 1. The molecule has 0 saturated heterocycles. The molecule has 2 aliphatic rings. The third-order valence-corrected chi connectivity index (χ3v) is 8.33. The van der Waals surface area contributed by atoms with E-state index in [1.807, 2.05) is 24.3 Å². The number of aromatic nitrogens is 2. The van der Waals surface area contributed by atoms with Crippen molar-refractivity contribution in [2.45, 2.75) is 25.8 Å². The minimum atomic E-state index is 0. The molecule has 0 amide bonds. The van der Waals surface area contributed by atoms with E-state index in [4.69, 9.17) is 23.7 Å². The van der Waals surface area contributed by atoms with Crippen LogP contribution in [0.15, 0.2) is 79.0 Å². The van der Waals surface area contributed by atoms with Crippen LogP contribution in [-0.2, 0) is 13.0 Å². The van der Waals surface area contributed by atoms with E-state index >= 15 is 0 Å². The Morgan fingerprint density at radius 1 is 0.814 bits per heavy atom. The van der Waals surface area contributed by atoms with E-state index in [0.717, 1.165) is 81.7 Å². The predicted molar refractivity (Wildman–Crippen MR) is 162 cm³/mol. The van der Waals surface area contributed by atoms with E-state index in [2.05, 4.69) is 64.3 Å². The van der Waals surface area contributed by atoms with Gasteiger partial charge in [0.1, 0.15) is 5.75 Å². The van der Waals surface area contributed by atoms with E-state index < -0.39 is 0 Å². The Balaban J connectivity index is 0.00000300. The van der Waals surface area contributed by atoms with Crippen LogP contribution >= 0.6 is 0 Å². The molecule has 0 aliphatic carbocycles. The lowest BCUT2D eigenvalue weighted by Gasteiger charge is -2.18. The normalized spacial score (nSPS) is 13.0. The molecule has 4 heterocycles. The predicted octanol–water partition coefficient (Wildman–Crippen LogP) is 3.96. The number of para-hydroxylation sites is 1. The lowest BCUT2D eigenvalue weighted by atomic mass is 9.95. The highest BCUT2D eigenvalue weighted by Gasteiger charge is 2.28. The summed E-state index contributed by atoms with van der Waals surface area (Å²) in [7, 11) is 1.69. The number of methoxy groups -OCH3 is 1. The minimum Gasteiger partial charge on any atom is -1.00 e. The zero-order valence-corrected chi connectivity index (χ0v) is 25.4. The van der Waals surface area contributed by atoms with Crippen LogP contribution in [0.2, 0.25) is 0 Å². The average Bonchev–Trinajstić information content (AvgIpc) is 3.65. The van der Waals surface area contributed by atoms with E-state index in [1.54, 1.807) is 7.11 Å². The number of ether oxygens (including phenoxy) is 5. The van der Waals surface area contributed by atoms with Gasteiger partial charge in [-0.25, -0.2) is 0 Å². The second-order valence-electron chi connectivity index (χ2n) is 10.8. The van der Waals surface area contributed by atoms with Crippen molar-refractivity contribution in [3.8, 4) is 40.0 Å². The zero-order valence-electron chi connectivity index (χ0n) is 23.8. The van der Waals surface area contributed by atoms with Gasteiger partial charge in [0.05, 0.1) is 36.8 Å². The molecule has 8 rings (SSSR count). The van der Waals surface area contributed by atoms with E-state index in [-0.39, 0.29) is 23.8 Å². The first-order valence-corrected chi connectivity index (χ1v) is 14.5. The molecule has 4 aromatic carbocycles. The average molecular weight is 640 g/mol. The van der Waals surface area contributed by atoms with Crippen LogP contribution in [0.1, 0.15) is 18.4 Å². The molecule has 218 valence electrons. The third kappa shape index (κ3) is 4.79. The molecule has 6 aromatic rings. The van der Waals surface area contributed by atoms with Crippen LogP contribution in [0.4, 0.5) is 0 Å². The van der Waals surface area contributed by atoms with Gasteiger partial charge in [-0.05, 0) is 66.3 Å². The van der Waals surface area contributed by atoms with Crippen molar-refractivity contribution in [2.75, 3.05) is 27.1 Å². The topological polar surface area (TPSA) is 65.8 Å². The molecule has 7 nitrogen and oxygen atoms in total. The second kappa shape index (κ2) is 11.3. The number of unbranched alkanes of at least 4 members (excludes halogenated alkanes) is 1. The summed E-state index contributed by atoms with van der Waals surface area (Å²) in [5.41, 5.74) is 5.85. The van der Waals surface area contributed by atoms with Gasteiger partial charge in [-0.3, -0.25) is 0 Å². The van der Waals surface area contributed by atoms with Gasteiger partial charge in [0.15, 0.2) is 35.7 Å². The maximum absolute atomic E-state index is 6.39. The fourth-order valence-corrected chi connectivity index (χ4v) is 6.26. The van der Waals surface area contributed by atoms with Crippen LogP contribution < -0.4 is 45.2 Å². The molecule has 1 N–H and O–H groups in total. The number of aromatic amines is 1. The van der Waals surface area contributed by atoms with Crippen molar-refractivity contribution < 1.29 is 45.2 Å². The first kappa shape index (κ1) is 27.4. The molecule has 0 spiro atoms. The van der Waals surface area contributed by atoms with Gasteiger partial charge in [0, 0.05) is 28.8 Å². The third-order valence-electron chi connectivity index (χ3n) is 8.33. The SMILES string of the molecule is COc1ccc2cc3[n+](cc2c1OCCCCOc1cccc2[nH]c4ccccc4c12)CCc1cc2c(cc1-3)OCO2.[Br-]. The summed E-state index contributed by atoms with van der Waals surface area (Å²) >= 11 is 0. The van der Waals surface area contributed by atoms with Crippen molar-refractivity contribution in [2.24, 2.45) is 0 Å². The van der Waals surface area contributed by atoms with Crippen LogP contribution in [0.25, 0.3) is 43.8 Å². The fraction of sp³-hybridized carbons (Fsp3) is 0.229. The maximum Gasteiger partial charge on any atom is 0.231 e. The molecular formula is C35H31BrN2O5. The highest BCUT2D eigenvalue weighted by atomic mass is 79.9. The Morgan fingerprint density at radius 3 is 2.51 bits per heavy atom. The number of rotatable bonds is 8.